The van der Waals surface area contributed by atoms with Gasteiger partial charge in [-0.05, 0) is 44.6 Å². The summed E-state index contributed by atoms with van der Waals surface area (Å²) in [5.41, 5.74) is 2.06. The van der Waals surface area contributed by atoms with Gasteiger partial charge in [0, 0.05) is 17.1 Å². The number of unbranched alkanes of at least 4 members (excludes halogenated alkanes) is 1. The van der Waals surface area contributed by atoms with E-state index in [0.29, 0.717) is 16.4 Å². The van der Waals surface area contributed by atoms with E-state index >= 15 is 0 Å². The first-order valence-corrected chi connectivity index (χ1v) is 9.93. The standard InChI is InChI=1S/C20H26ClN5O/c1-3-5-11-26(4-2)12-7-10-22-19-17-18(15-8-6-9-16(21)13-15)25-27-20(17)24-14-23-19/h6,8-9,13-14H,3-5,7,10-12H2,1-2H3,(H,22,23,24). The second kappa shape index (κ2) is 9.67. The van der Waals surface area contributed by atoms with Crippen molar-refractivity contribution in [1.82, 2.24) is 20.0 Å². The minimum Gasteiger partial charge on any atom is -0.369 e. The molecule has 0 aliphatic heterocycles. The Bertz CT molecular complexity index is 866. The molecule has 0 saturated carbocycles. The fourth-order valence-electron chi connectivity index (χ4n) is 3.07. The molecule has 1 aromatic carbocycles. The van der Waals surface area contributed by atoms with Gasteiger partial charge in [0.15, 0.2) is 0 Å². The van der Waals surface area contributed by atoms with Gasteiger partial charge in [-0.2, -0.15) is 4.98 Å². The molecule has 0 spiro atoms. The zero-order chi connectivity index (χ0) is 19.1. The molecule has 144 valence electrons. The Morgan fingerprint density at radius 1 is 1.15 bits per heavy atom. The van der Waals surface area contributed by atoms with Gasteiger partial charge in [-0.3, -0.25) is 0 Å². The van der Waals surface area contributed by atoms with Crippen LogP contribution in [0.25, 0.3) is 22.4 Å². The molecule has 0 atom stereocenters. The highest BCUT2D eigenvalue weighted by Crippen LogP contribution is 2.32. The fraction of sp³-hybridized carbons (Fsp3) is 0.450. The largest absolute Gasteiger partial charge is 0.369 e. The first-order chi connectivity index (χ1) is 13.2. The lowest BCUT2D eigenvalue weighted by Gasteiger charge is -2.20. The number of rotatable bonds is 10. The summed E-state index contributed by atoms with van der Waals surface area (Å²) in [4.78, 5) is 11.1. The van der Waals surface area contributed by atoms with Gasteiger partial charge in [-0.25, -0.2) is 4.98 Å². The van der Waals surface area contributed by atoms with Crippen LogP contribution in [0.15, 0.2) is 35.1 Å². The molecule has 2 heterocycles. The Labute approximate surface area is 164 Å². The average Bonchev–Trinajstić information content (AvgIpc) is 3.12. The van der Waals surface area contributed by atoms with E-state index in [-0.39, 0.29) is 0 Å². The van der Waals surface area contributed by atoms with Crippen molar-refractivity contribution in [3.8, 4) is 11.3 Å². The number of nitrogens with zero attached hydrogens (tertiary/aromatic N) is 4. The molecule has 6 nitrogen and oxygen atoms in total. The van der Waals surface area contributed by atoms with E-state index in [1.165, 1.54) is 19.2 Å². The topological polar surface area (TPSA) is 67.1 Å². The molecular formula is C20H26ClN5O. The summed E-state index contributed by atoms with van der Waals surface area (Å²) >= 11 is 6.12. The summed E-state index contributed by atoms with van der Waals surface area (Å²) in [6, 6.07) is 7.54. The number of benzene rings is 1. The van der Waals surface area contributed by atoms with Gasteiger partial charge in [-0.1, -0.05) is 49.2 Å². The SMILES string of the molecule is CCCCN(CC)CCCNc1ncnc2onc(-c3cccc(Cl)c3)c12. The summed E-state index contributed by atoms with van der Waals surface area (Å²) in [5, 5.41) is 9.05. The molecule has 27 heavy (non-hydrogen) atoms. The molecule has 3 rings (SSSR count). The normalized spacial score (nSPS) is 11.4. The number of halogens is 1. The van der Waals surface area contributed by atoms with Gasteiger partial charge in [0.25, 0.3) is 5.71 Å². The van der Waals surface area contributed by atoms with Gasteiger partial charge in [0.2, 0.25) is 0 Å². The van der Waals surface area contributed by atoms with E-state index < -0.39 is 0 Å². The van der Waals surface area contributed by atoms with E-state index in [9.17, 15) is 0 Å². The van der Waals surface area contributed by atoms with Crippen LogP contribution in [0.1, 0.15) is 33.1 Å². The molecule has 7 heteroatoms. The van der Waals surface area contributed by atoms with Crippen molar-refractivity contribution in [1.29, 1.82) is 0 Å². The molecule has 0 aliphatic carbocycles. The van der Waals surface area contributed by atoms with Crippen molar-refractivity contribution in [3.05, 3.63) is 35.6 Å². The second-order valence-corrected chi connectivity index (χ2v) is 6.95. The number of hydrogen-bond donors (Lipinski definition) is 1. The molecule has 0 amide bonds. The van der Waals surface area contributed by atoms with Crippen LogP contribution in [-0.4, -0.2) is 46.2 Å². The van der Waals surface area contributed by atoms with Crippen LogP contribution in [0.4, 0.5) is 5.82 Å². The number of nitrogens with one attached hydrogen (secondary N) is 1. The van der Waals surface area contributed by atoms with Gasteiger partial charge in [-0.15, -0.1) is 0 Å². The predicted octanol–water partition coefficient (Wildman–Crippen LogP) is 4.86. The molecule has 0 saturated heterocycles. The monoisotopic (exact) mass is 387 g/mol. The highest BCUT2D eigenvalue weighted by molar-refractivity contribution is 6.30. The molecule has 1 N–H and O–H groups in total. The molecule has 3 aromatic rings. The van der Waals surface area contributed by atoms with Gasteiger partial charge < -0.3 is 14.7 Å². The van der Waals surface area contributed by atoms with Crippen molar-refractivity contribution in [2.45, 2.75) is 33.1 Å². The van der Waals surface area contributed by atoms with Crippen LogP contribution in [-0.2, 0) is 0 Å². The van der Waals surface area contributed by atoms with E-state index in [1.807, 2.05) is 24.3 Å². The van der Waals surface area contributed by atoms with Crippen molar-refractivity contribution in [2.24, 2.45) is 0 Å². The van der Waals surface area contributed by atoms with Crippen LogP contribution in [0, 0.1) is 0 Å². The van der Waals surface area contributed by atoms with E-state index in [4.69, 9.17) is 16.1 Å². The van der Waals surface area contributed by atoms with Crippen LogP contribution in [0.2, 0.25) is 5.02 Å². The molecule has 2 aromatic heterocycles. The van der Waals surface area contributed by atoms with E-state index in [2.05, 4.69) is 39.2 Å². The van der Waals surface area contributed by atoms with Gasteiger partial charge >= 0.3 is 0 Å². The first-order valence-electron chi connectivity index (χ1n) is 9.55. The fourth-order valence-corrected chi connectivity index (χ4v) is 3.26. The Balaban J connectivity index is 1.71. The third-order valence-electron chi connectivity index (χ3n) is 4.59. The summed E-state index contributed by atoms with van der Waals surface area (Å²) in [6.07, 6.45) is 5.02. The Kier molecular flexibility index (Phi) is 7.01. The summed E-state index contributed by atoms with van der Waals surface area (Å²) in [5.74, 6) is 0.743. The Hall–Kier alpha value is -2.18. The maximum atomic E-state index is 6.12. The third-order valence-corrected chi connectivity index (χ3v) is 4.82. The van der Waals surface area contributed by atoms with Gasteiger partial charge in [0.1, 0.15) is 23.2 Å². The van der Waals surface area contributed by atoms with Crippen LogP contribution >= 0.6 is 11.6 Å². The molecule has 0 aliphatic rings. The molecule has 0 fully saturated rings. The Morgan fingerprint density at radius 3 is 2.78 bits per heavy atom. The minimum absolute atomic E-state index is 0.473. The Morgan fingerprint density at radius 2 is 2.00 bits per heavy atom. The maximum Gasteiger partial charge on any atom is 0.263 e. The number of aromatic nitrogens is 3. The van der Waals surface area contributed by atoms with Crippen molar-refractivity contribution < 1.29 is 4.52 Å². The third kappa shape index (κ3) is 4.96. The van der Waals surface area contributed by atoms with Crippen molar-refractivity contribution >= 4 is 28.5 Å². The number of hydrogen-bond acceptors (Lipinski definition) is 6. The van der Waals surface area contributed by atoms with Gasteiger partial charge in [0.05, 0.1) is 0 Å². The summed E-state index contributed by atoms with van der Waals surface area (Å²) in [7, 11) is 0. The second-order valence-electron chi connectivity index (χ2n) is 6.51. The molecule has 0 radical (unpaired) electrons. The number of fused-ring (bicyclic) bond motifs is 1. The van der Waals surface area contributed by atoms with E-state index in [0.717, 1.165) is 49.4 Å². The predicted molar refractivity (Wildman–Crippen MR) is 110 cm³/mol. The summed E-state index contributed by atoms with van der Waals surface area (Å²) < 4.78 is 5.40. The lowest BCUT2D eigenvalue weighted by Crippen LogP contribution is -2.27. The highest BCUT2D eigenvalue weighted by atomic mass is 35.5. The lowest BCUT2D eigenvalue weighted by atomic mass is 10.1. The molecule has 0 bridgehead atoms. The maximum absolute atomic E-state index is 6.12. The molecule has 0 unspecified atom stereocenters. The lowest BCUT2D eigenvalue weighted by molar-refractivity contribution is 0.282. The highest BCUT2D eigenvalue weighted by Gasteiger charge is 2.16. The molecular weight excluding hydrogens is 362 g/mol. The van der Waals surface area contributed by atoms with Crippen LogP contribution in [0.5, 0.6) is 0 Å². The minimum atomic E-state index is 0.473. The van der Waals surface area contributed by atoms with E-state index in [1.54, 1.807) is 0 Å². The van der Waals surface area contributed by atoms with Crippen molar-refractivity contribution in [3.63, 3.8) is 0 Å². The number of anilines is 1. The van der Waals surface area contributed by atoms with Crippen LogP contribution in [0.3, 0.4) is 0 Å². The smallest absolute Gasteiger partial charge is 0.263 e. The first kappa shape index (κ1) is 19.6. The quantitative estimate of drug-likeness (QED) is 0.501. The zero-order valence-corrected chi connectivity index (χ0v) is 16.7. The van der Waals surface area contributed by atoms with Crippen LogP contribution < -0.4 is 5.32 Å². The summed E-state index contributed by atoms with van der Waals surface area (Å²) in [6.45, 7) is 8.59. The zero-order valence-electron chi connectivity index (χ0n) is 15.9. The van der Waals surface area contributed by atoms with Crippen molar-refractivity contribution in [2.75, 3.05) is 31.5 Å². The average molecular weight is 388 g/mol.